The summed E-state index contributed by atoms with van der Waals surface area (Å²) in [5.41, 5.74) is 0.827. The van der Waals surface area contributed by atoms with E-state index >= 15 is 0 Å². The first kappa shape index (κ1) is 19.9. The number of hydrogen-bond donors (Lipinski definition) is 2. The second-order valence-electron chi connectivity index (χ2n) is 7.51. The number of hydrogen-bond acceptors (Lipinski definition) is 4. The molecule has 154 valence electrons. The molecule has 5 nitrogen and oxygen atoms in total. The van der Waals surface area contributed by atoms with Crippen molar-refractivity contribution in [1.29, 1.82) is 0 Å². The third-order valence-electron chi connectivity index (χ3n) is 5.32. The quantitative estimate of drug-likeness (QED) is 0.788. The number of alkyl halides is 3. The van der Waals surface area contributed by atoms with Gasteiger partial charge in [0.1, 0.15) is 0 Å². The fourth-order valence-corrected chi connectivity index (χ4v) is 4.87. The lowest BCUT2D eigenvalue weighted by molar-refractivity contribution is -0.167. The third kappa shape index (κ3) is 4.62. The van der Waals surface area contributed by atoms with Gasteiger partial charge in [-0.05, 0) is 55.1 Å². The minimum atomic E-state index is -4.93. The lowest BCUT2D eigenvalue weighted by Gasteiger charge is -2.30. The first-order chi connectivity index (χ1) is 13.8. The zero-order valence-corrected chi connectivity index (χ0v) is 16.3. The number of amides is 2. The lowest BCUT2D eigenvalue weighted by atomic mass is 9.97. The second-order valence-corrected chi connectivity index (χ2v) is 8.60. The summed E-state index contributed by atoms with van der Waals surface area (Å²) in [6.07, 6.45) is -2.70. The number of carbonyl (C=O) groups excluding carboxylic acids is 2. The topological polar surface area (TPSA) is 61.4 Å². The number of thiophene rings is 1. The van der Waals surface area contributed by atoms with Crippen LogP contribution < -0.4 is 10.6 Å². The average Bonchev–Trinajstić information content (AvgIpc) is 3.28. The molecule has 2 amide bonds. The fraction of sp³-hybridized carbons (Fsp3) is 0.400. The van der Waals surface area contributed by atoms with Gasteiger partial charge in [-0.2, -0.15) is 13.2 Å². The molecule has 2 fully saturated rings. The molecule has 1 unspecified atom stereocenters. The molecule has 0 radical (unpaired) electrons. The maximum Gasteiger partial charge on any atom is 0.471 e. The number of nitrogens with zero attached hydrogens (tertiary/aromatic N) is 1. The van der Waals surface area contributed by atoms with Crippen molar-refractivity contribution in [3.05, 3.63) is 41.3 Å². The molecule has 2 aliphatic rings. The van der Waals surface area contributed by atoms with Crippen LogP contribution in [-0.2, 0) is 4.79 Å². The highest BCUT2D eigenvalue weighted by atomic mass is 32.1. The maximum atomic E-state index is 12.6. The van der Waals surface area contributed by atoms with E-state index in [4.69, 9.17) is 0 Å². The largest absolute Gasteiger partial charge is 0.471 e. The summed E-state index contributed by atoms with van der Waals surface area (Å²) in [6, 6.07) is 9.79. The normalized spacial score (nSPS) is 23.6. The van der Waals surface area contributed by atoms with E-state index in [0.717, 1.165) is 36.5 Å². The zero-order chi connectivity index (χ0) is 20.6. The Balaban J connectivity index is 1.38. The lowest BCUT2D eigenvalue weighted by Crippen LogP contribution is -2.46. The molecule has 2 aromatic rings. The van der Waals surface area contributed by atoms with Crippen molar-refractivity contribution < 1.29 is 22.8 Å². The van der Waals surface area contributed by atoms with Crippen molar-refractivity contribution in [2.75, 3.05) is 25.0 Å². The first-order valence-corrected chi connectivity index (χ1v) is 10.2. The van der Waals surface area contributed by atoms with Crippen molar-refractivity contribution in [2.24, 2.45) is 5.92 Å². The number of rotatable bonds is 4. The molecule has 2 N–H and O–H groups in total. The highest BCUT2D eigenvalue weighted by Gasteiger charge is 2.38. The third-order valence-corrected chi connectivity index (χ3v) is 6.45. The van der Waals surface area contributed by atoms with E-state index in [1.807, 2.05) is 11.4 Å². The molecule has 0 spiro atoms. The van der Waals surface area contributed by atoms with Crippen LogP contribution in [0.5, 0.6) is 0 Å². The van der Waals surface area contributed by atoms with Crippen molar-refractivity contribution in [3.8, 4) is 10.4 Å². The van der Waals surface area contributed by atoms with Gasteiger partial charge in [0.05, 0.1) is 4.88 Å². The van der Waals surface area contributed by atoms with E-state index in [1.54, 1.807) is 18.2 Å². The van der Waals surface area contributed by atoms with Gasteiger partial charge in [0.15, 0.2) is 0 Å². The van der Waals surface area contributed by atoms with Gasteiger partial charge in [0.2, 0.25) is 0 Å². The van der Waals surface area contributed by atoms with Crippen LogP contribution in [0.3, 0.4) is 0 Å². The summed E-state index contributed by atoms with van der Waals surface area (Å²) >= 11 is 1.33. The Bertz CT molecular complexity index is 898. The first-order valence-electron chi connectivity index (χ1n) is 9.39. The van der Waals surface area contributed by atoms with Crippen molar-refractivity contribution in [2.45, 2.75) is 25.1 Å². The Labute approximate surface area is 169 Å². The minimum Gasteiger partial charge on any atom is -0.347 e. The number of benzene rings is 1. The van der Waals surface area contributed by atoms with E-state index in [0.29, 0.717) is 10.8 Å². The molecule has 0 aliphatic carbocycles. The van der Waals surface area contributed by atoms with Crippen LogP contribution in [0.15, 0.2) is 36.4 Å². The predicted molar refractivity (Wildman–Crippen MR) is 105 cm³/mol. The maximum absolute atomic E-state index is 12.6. The Hall–Kier alpha value is -2.39. The van der Waals surface area contributed by atoms with Gasteiger partial charge < -0.3 is 15.5 Å². The van der Waals surface area contributed by atoms with Crippen molar-refractivity contribution in [1.82, 2.24) is 10.2 Å². The molecule has 29 heavy (non-hydrogen) atoms. The Morgan fingerprint density at radius 3 is 2.52 bits per heavy atom. The van der Waals surface area contributed by atoms with Crippen LogP contribution in [0.1, 0.15) is 22.5 Å². The predicted octanol–water partition coefficient (Wildman–Crippen LogP) is 3.74. The number of halogens is 3. The van der Waals surface area contributed by atoms with Crippen LogP contribution in [0.2, 0.25) is 0 Å². The zero-order valence-electron chi connectivity index (χ0n) is 15.5. The van der Waals surface area contributed by atoms with E-state index in [9.17, 15) is 22.8 Å². The highest BCUT2D eigenvalue weighted by molar-refractivity contribution is 7.17. The molecule has 0 saturated carbocycles. The number of nitrogens with one attached hydrogen (secondary N) is 2. The van der Waals surface area contributed by atoms with Gasteiger partial charge in [0, 0.05) is 29.7 Å². The van der Waals surface area contributed by atoms with E-state index in [2.05, 4.69) is 10.2 Å². The van der Waals surface area contributed by atoms with Gasteiger partial charge in [-0.1, -0.05) is 12.1 Å². The Morgan fingerprint density at radius 1 is 1.07 bits per heavy atom. The number of carbonyl (C=O) groups is 2. The number of fused-ring (bicyclic) bond motifs is 2. The van der Waals surface area contributed by atoms with Gasteiger partial charge >= 0.3 is 12.1 Å². The highest BCUT2D eigenvalue weighted by Crippen LogP contribution is 2.30. The Kier molecular flexibility index (Phi) is 5.35. The molecule has 4 rings (SSSR count). The summed E-state index contributed by atoms with van der Waals surface area (Å²) in [5.74, 6) is -1.43. The van der Waals surface area contributed by atoms with E-state index in [-0.39, 0.29) is 17.6 Å². The van der Waals surface area contributed by atoms with Gasteiger partial charge in [-0.15, -0.1) is 11.3 Å². The van der Waals surface area contributed by atoms with Gasteiger partial charge in [-0.3, -0.25) is 9.59 Å². The molecule has 3 heterocycles. The molecule has 1 aromatic carbocycles. The molecule has 9 heteroatoms. The van der Waals surface area contributed by atoms with Gasteiger partial charge in [-0.25, -0.2) is 0 Å². The SMILES string of the molecule is O=C(N[C@@H]1C[C@H]2CCN(C2)C1)c1ccc(-c2ccc(NC(=O)C(F)(F)F)cc2)s1. The molecule has 2 saturated heterocycles. The molecular weight excluding hydrogens is 403 g/mol. The van der Waals surface area contributed by atoms with Crippen LogP contribution in [0.25, 0.3) is 10.4 Å². The van der Waals surface area contributed by atoms with Crippen LogP contribution in [-0.4, -0.2) is 48.6 Å². The summed E-state index contributed by atoms with van der Waals surface area (Å²) < 4.78 is 37.0. The smallest absolute Gasteiger partial charge is 0.347 e. The standard InChI is InChI=1S/C20H20F3N3O2S/c21-20(22,23)19(28)25-14-3-1-13(2-4-14)16-5-6-17(29-16)18(27)24-15-9-12-7-8-26(10-12)11-15/h1-6,12,15H,7-11H2,(H,24,27)(H,25,28)/t12-,15-/m1/s1. The van der Waals surface area contributed by atoms with Crippen molar-refractivity contribution >= 4 is 28.8 Å². The van der Waals surface area contributed by atoms with Gasteiger partial charge in [0.25, 0.3) is 5.91 Å². The number of anilines is 1. The monoisotopic (exact) mass is 423 g/mol. The van der Waals surface area contributed by atoms with Crippen LogP contribution in [0.4, 0.5) is 18.9 Å². The van der Waals surface area contributed by atoms with Crippen LogP contribution in [0, 0.1) is 5.92 Å². The molecule has 2 bridgehead atoms. The fourth-order valence-electron chi connectivity index (χ4n) is 3.96. The summed E-state index contributed by atoms with van der Waals surface area (Å²) in [4.78, 5) is 27.4. The average molecular weight is 423 g/mol. The second kappa shape index (κ2) is 7.79. The molecule has 1 aromatic heterocycles. The summed E-state index contributed by atoms with van der Waals surface area (Å²) in [6.45, 7) is 3.14. The van der Waals surface area contributed by atoms with Crippen molar-refractivity contribution in [3.63, 3.8) is 0 Å². The van der Waals surface area contributed by atoms with Crippen LogP contribution >= 0.6 is 11.3 Å². The summed E-state index contributed by atoms with van der Waals surface area (Å²) in [5, 5.41) is 4.93. The molecule has 2 aliphatic heterocycles. The Morgan fingerprint density at radius 2 is 1.83 bits per heavy atom. The summed E-state index contributed by atoms with van der Waals surface area (Å²) in [7, 11) is 0. The minimum absolute atomic E-state index is 0.0625. The van der Waals surface area contributed by atoms with E-state index in [1.165, 1.54) is 29.9 Å². The molecule has 3 atom stereocenters. The number of piperidine rings is 1. The molecular formula is C20H20F3N3O2S. The van der Waals surface area contributed by atoms with E-state index < -0.39 is 12.1 Å².